The maximum atomic E-state index is 6.53. The quantitative estimate of drug-likeness (QED) is 0.554. The van der Waals surface area contributed by atoms with Gasteiger partial charge in [0.15, 0.2) is 11.5 Å². The summed E-state index contributed by atoms with van der Waals surface area (Å²) in [5.41, 5.74) is 2.26. The Morgan fingerprint density at radius 2 is 1.67 bits per heavy atom. The van der Waals surface area contributed by atoms with Gasteiger partial charge in [0.05, 0.1) is 19.6 Å². The van der Waals surface area contributed by atoms with E-state index in [4.69, 9.17) is 21.1 Å². The van der Waals surface area contributed by atoms with E-state index >= 15 is 0 Å². The lowest BCUT2D eigenvalue weighted by Crippen LogP contribution is -1.98. The van der Waals surface area contributed by atoms with Crippen molar-refractivity contribution in [2.75, 3.05) is 20.5 Å². The lowest BCUT2D eigenvalue weighted by atomic mass is 10.0. The van der Waals surface area contributed by atoms with Crippen molar-refractivity contribution in [3.05, 3.63) is 53.6 Å². The van der Waals surface area contributed by atoms with Crippen LogP contribution in [0.1, 0.15) is 16.5 Å². The summed E-state index contributed by atoms with van der Waals surface area (Å²) in [6.07, 6.45) is 2.82. The molecule has 0 spiro atoms. The molecule has 4 heteroatoms. The number of alkyl halides is 1. The van der Waals surface area contributed by atoms with Crippen molar-refractivity contribution in [2.45, 2.75) is 16.7 Å². The van der Waals surface area contributed by atoms with Crippen molar-refractivity contribution in [3.63, 3.8) is 0 Å². The van der Waals surface area contributed by atoms with E-state index in [1.807, 2.05) is 18.2 Å². The fourth-order valence-corrected chi connectivity index (χ4v) is 2.88. The summed E-state index contributed by atoms with van der Waals surface area (Å²) in [5, 5.41) is -0.0565. The van der Waals surface area contributed by atoms with Crippen LogP contribution in [-0.4, -0.2) is 20.5 Å². The van der Waals surface area contributed by atoms with E-state index in [0.29, 0.717) is 0 Å². The average molecular weight is 323 g/mol. The van der Waals surface area contributed by atoms with Gasteiger partial charge in [-0.3, -0.25) is 0 Å². The maximum Gasteiger partial charge on any atom is 0.160 e. The molecule has 0 radical (unpaired) electrons. The fourth-order valence-electron chi connectivity index (χ4n) is 2.15. The van der Waals surface area contributed by atoms with Crippen molar-refractivity contribution >= 4 is 23.4 Å². The van der Waals surface area contributed by atoms with E-state index in [-0.39, 0.29) is 5.38 Å². The second kappa shape index (κ2) is 7.62. The highest BCUT2D eigenvalue weighted by Gasteiger charge is 2.11. The van der Waals surface area contributed by atoms with Crippen LogP contribution < -0.4 is 9.47 Å². The summed E-state index contributed by atoms with van der Waals surface area (Å²) in [5.74, 6) is 1.47. The van der Waals surface area contributed by atoms with Crippen LogP contribution in [-0.2, 0) is 6.42 Å². The van der Waals surface area contributed by atoms with Crippen LogP contribution in [0.5, 0.6) is 11.5 Å². The van der Waals surface area contributed by atoms with Crippen LogP contribution in [0.3, 0.4) is 0 Å². The molecule has 112 valence electrons. The molecule has 0 amide bonds. The van der Waals surface area contributed by atoms with Crippen LogP contribution in [0, 0.1) is 0 Å². The molecule has 1 unspecified atom stereocenters. The zero-order valence-corrected chi connectivity index (χ0v) is 14.0. The molecular weight excluding hydrogens is 304 g/mol. The molecule has 2 rings (SSSR count). The zero-order chi connectivity index (χ0) is 15.2. The van der Waals surface area contributed by atoms with Gasteiger partial charge in [-0.05, 0) is 48.1 Å². The van der Waals surface area contributed by atoms with Gasteiger partial charge in [0.25, 0.3) is 0 Å². The van der Waals surface area contributed by atoms with Gasteiger partial charge in [-0.25, -0.2) is 0 Å². The Hall–Kier alpha value is -1.32. The molecule has 0 fully saturated rings. The topological polar surface area (TPSA) is 18.5 Å². The molecule has 0 saturated heterocycles. The van der Waals surface area contributed by atoms with Gasteiger partial charge >= 0.3 is 0 Å². The first-order valence-corrected chi connectivity index (χ1v) is 8.33. The van der Waals surface area contributed by atoms with Crippen LogP contribution in [0.15, 0.2) is 47.4 Å². The first-order chi connectivity index (χ1) is 10.2. The highest BCUT2D eigenvalue weighted by molar-refractivity contribution is 7.98. The molecule has 0 aromatic heterocycles. The molecule has 2 nitrogen and oxygen atoms in total. The lowest BCUT2D eigenvalue weighted by molar-refractivity contribution is 0.354. The Morgan fingerprint density at radius 1 is 1.00 bits per heavy atom. The van der Waals surface area contributed by atoms with Crippen LogP contribution in [0.25, 0.3) is 0 Å². The largest absolute Gasteiger partial charge is 0.493 e. The second-order valence-electron chi connectivity index (χ2n) is 4.63. The molecule has 0 N–H and O–H groups in total. The van der Waals surface area contributed by atoms with E-state index in [9.17, 15) is 0 Å². The van der Waals surface area contributed by atoms with Crippen LogP contribution in [0.2, 0.25) is 0 Å². The zero-order valence-electron chi connectivity index (χ0n) is 12.4. The predicted molar refractivity (Wildman–Crippen MR) is 90.1 cm³/mol. The summed E-state index contributed by atoms with van der Waals surface area (Å²) < 4.78 is 10.6. The minimum absolute atomic E-state index is 0.0565. The Labute approximate surface area is 135 Å². The maximum absolute atomic E-state index is 6.53. The number of ether oxygens (including phenoxy) is 2. The molecule has 0 aliphatic carbocycles. The third kappa shape index (κ3) is 4.08. The van der Waals surface area contributed by atoms with E-state index in [1.165, 1.54) is 4.90 Å². The highest BCUT2D eigenvalue weighted by atomic mass is 35.5. The average Bonchev–Trinajstić information content (AvgIpc) is 2.54. The van der Waals surface area contributed by atoms with E-state index in [2.05, 4.69) is 30.5 Å². The molecule has 0 bridgehead atoms. The van der Waals surface area contributed by atoms with Crippen LogP contribution >= 0.6 is 23.4 Å². The van der Waals surface area contributed by atoms with Crippen molar-refractivity contribution in [1.29, 1.82) is 0 Å². The summed E-state index contributed by atoms with van der Waals surface area (Å²) in [7, 11) is 3.27. The fraction of sp³-hybridized carbons (Fsp3) is 0.294. The molecule has 21 heavy (non-hydrogen) atoms. The number of hydrogen-bond acceptors (Lipinski definition) is 3. The number of hydrogen-bond donors (Lipinski definition) is 0. The van der Waals surface area contributed by atoms with Crippen LogP contribution in [0.4, 0.5) is 0 Å². The van der Waals surface area contributed by atoms with Gasteiger partial charge in [0.2, 0.25) is 0 Å². The second-order valence-corrected chi connectivity index (χ2v) is 6.04. The van der Waals surface area contributed by atoms with Gasteiger partial charge < -0.3 is 9.47 Å². The van der Waals surface area contributed by atoms with E-state index in [0.717, 1.165) is 29.0 Å². The van der Waals surface area contributed by atoms with E-state index in [1.54, 1.807) is 26.0 Å². The molecule has 0 aliphatic heterocycles. The van der Waals surface area contributed by atoms with E-state index < -0.39 is 0 Å². The summed E-state index contributed by atoms with van der Waals surface area (Å²) in [6.45, 7) is 0. The summed E-state index contributed by atoms with van der Waals surface area (Å²) in [4.78, 5) is 1.24. The molecule has 1 atom stereocenters. The Morgan fingerprint density at radius 3 is 2.24 bits per heavy atom. The lowest BCUT2D eigenvalue weighted by Gasteiger charge is -2.13. The Balaban J connectivity index is 2.12. The Kier molecular flexibility index (Phi) is 5.83. The SMILES string of the molecule is COc1ccc(CC(Cl)c2ccc(SC)cc2)cc1OC. The molecule has 0 saturated carbocycles. The van der Waals surface area contributed by atoms with Gasteiger partial charge in [0, 0.05) is 4.90 Å². The molecule has 0 heterocycles. The number of benzene rings is 2. The first kappa shape index (κ1) is 16.1. The van der Waals surface area contributed by atoms with Crippen molar-refractivity contribution in [2.24, 2.45) is 0 Å². The standard InChI is InChI=1S/C17H19ClO2S/c1-19-16-9-4-12(11-17(16)20-2)10-15(18)13-5-7-14(21-3)8-6-13/h4-9,11,15H,10H2,1-3H3. The molecule has 2 aromatic rings. The minimum Gasteiger partial charge on any atom is -0.493 e. The number of rotatable bonds is 6. The van der Waals surface area contributed by atoms with Gasteiger partial charge in [-0.15, -0.1) is 23.4 Å². The number of thioether (sulfide) groups is 1. The molecular formula is C17H19ClO2S. The number of halogens is 1. The smallest absolute Gasteiger partial charge is 0.160 e. The van der Waals surface area contributed by atoms with Gasteiger partial charge in [-0.2, -0.15) is 0 Å². The highest BCUT2D eigenvalue weighted by Crippen LogP contribution is 2.32. The monoisotopic (exact) mass is 322 g/mol. The molecule has 2 aromatic carbocycles. The minimum atomic E-state index is -0.0565. The normalized spacial score (nSPS) is 12.0. The number of methoxy groups -OCH3 is 2. The third-order valence-electron chi connectivity index (χ3n) is 3.34. The third-order valence-corrected chi connectivity index (χ3v) is 4.49. The summed E-state index contributed by atoms with van der Waals surface area (Å²) in [6, 6.07) is 14.3. The van der Waals surface area contributed by atoms with Gasteiger partial charge in [0.1, 0.15) is 0 Å². The summed E-state index contributed by atoms with van der Waals surface area (Å²) >= 11 is 8.26. The first-order valence-electron chi connectivity index (χ1n) is 6.67. The molecule has 0 aliphatic rings. The van der Waals surface area contributed by atoms with Crippen molar-refractivity contribution in [1.82, 2.24) is 0 Å². The van der Waals surface area contributed by atoms with Crippen molar-refractivity contribution in [3.8, 4) is 11.5 Å². The predicted octanol–water partition coefficient (Wildman–Crippen LogP) is 4.95. The van der Waals surface area contributed by atoms with Gasteiger partial charge in [-0.1, -0.05) is 18.2 Å². The Bertz CT molecular complexity index is 584. The van der Waals surface area contributed by atoms with Crippen molar-refractivity contribution < 1.29 is 9.47 Å².